The highest BCUT2D eigenvalue weighted by molar-refractivity contribution is 7.92. The van der Waals surface area contributed by atoms with Crippen LogP contribution in [0.1, 0.15) is 12.5 Å². The van der Waals surface area contributed by atoms with Crippen LogP contribution < -0.4 is 14.4 Å². The van der Waals surface area contributed by atoms with Gasteiger partial charge >= 0.3 is 0 Å². The van der Waals surface area contributed by atoms with E-state index in [0.717, 1.165) is 9.87 Å². The smallest absolute Gasteiger partial charge is 0.264 e. The first kappa shape index (κ1) is 21.3. The lowest BCUT2D eigenvalue weighted by atomic mass is 10.2. The minimum absolute atomic E-state index is 0.112. The van der Waals surface area contributed by atoms with Crippen LogP contribution in [0.5, 0.6) is 5.75 Å². The van der Waals surface area contributed by atoms with Crippen molar-refractivity contribution in [3.05, 3.63) is 84.7 Å². The van der Waals surface area contributed by atoms with Crippen LogP contribution in [0.15, 0.2) is 84.0 Å². The fourth-order valence-corrected chi connectivity index (χ4v) is 4.24. The summed E-state index contributed by atoms with van der Waals surface area (Å²) in [6.07, 6.45) is 3.27. The fraction of sp³-hybridized carbons (Fsp3) is 0.182. The van der Waals surface area contributed by atoms with Gasteiger partial charge < -0.3 is 10.1 Å². The van der Waals surface area contributed by atoms with Crippen molar-refractivity contribution in [1.29, 1.82) is 0 Å². The molecule has 3 rings (SSSR count). The zero-order valence-electron chi connectivity index (χ0n) is 16.6. The number of pyridine rings is 1. The van der Waals surface area contributed by atoms with E-state index in [9.17, 15) is 13.2 Å². The van der Waals surface area contributed by atoms with E-state index in [4.69, 9.17) is 4.74 Å². The molecule has 30 heavy (non-hydrogen) atoms. The van der Waals surface area contributed by atoms with Crippen LogP contribution >= 0.6 is 0 Å². The van der Waals surface area contributed by atoms with E-state index in [0.29, 0.717) is 18.0 Å². The van der Waals surface area contributed by atoms with Gasteiger partial charge in [0.15, 0.2) is 0 Å². The van der Waals surface area contributed by atoms with Crippen LogP contribution in [0, 0.1) is 0 Å². The molecule has 0 unspecified atom stereocenters. The molecular weight excluding hydrogens is 402 g/mol. The highest BCUT2D eigenvalue weighted by Gasteiger charge is 2.27. The molecule has 1 N–H and O–H groups in total. The lowest BCUT2D eigenvalue weighted by molar-refractivity contribution is -0.119. The van der Waals surface area contributed by atoms with E-state index in [1.54, 1.807) is 67.0 Å². The average Bonchev–Trinajstić information content (AvgIpc) is 2.78. The number of nitrogens with zero attached hydrogens (tertiary/aromatic N) is 2. The number of rotatable bonds is 9. The van der Waals surface area contributed by atoms with Gasteiger partial charge in [0.25, 0.3) is 10.0 Å². The number of benzene rings is 2. The van der Waals surface area contributed by atoms with Crippen molar-refractivity contribution in [2.45, 2.75) is 18.4 Å². The van der Waals surface area contributed by atoms with Gasteiger partial charge in [-0.05, 0) is 61.0 Å². The molecule has 1 amide bonds. The van der Waals surface area contributed by atoms with Gasteiger partial charge in [-0.25, -0.2) is 8.42 Å². The third kappa shape index (κ3) is 5.36. The summed E-state index contributed by atoms with van der Waals surface area (Å²) in [5.41, 5.74) is 1.25. The quantitative estimate of drug-likeness (QED) is 0.569. The first-order valence-electron chi connectivity index (χ1n) is 9.47. The summed E-state index contributed by atoms with van der Waals surface area (Å²) in [5.74, 6) is 0.209. The monoisotopic (exact) mass is 425 g/mol. The Hall–Kier alpha value is -3.39. The van der Waals surface area contributed by atoms with Crippen LogP contribution in [0.25, 0.3) is 0 Å². The Balaban J connectivity index is 1.84. The molecule has 0 bridgehead atoms. The second-order valence-corrected chi connectivity index (χ2v) is 8.25. The zero-order valence-corrected chi connectivity index (χ0v) is 17.4. The molecule has 0 aliphatic carbocycles. The second-order valence-electron chi connectivity index (χ2n) is 6.38. The maximum atomic E-state index is 13.3. The van der Waals surface area contributed by atoms with Crippen molar-refractivity contribution in [2.24, 2.45) is 0 Å². The second kappa shape index (κ2) is 9.89. The van der Waals surface area contributed by atoms with Gasteiger partial charge in [0, 0.05) is 18.9 Å². The first-order chi connectivity index (χ1) is 14.5. The van der Waals surface area contributed by atoms with E-state index < -0.39 is 15.9 Å². The fourth-order valence-electron chi connectivity index (χ4n) is 2.80. The largest absolute Gasteiger partial charge is 0.494 e. The standard InChI is InChI=1S/C22H23N3O4S/c1-2-29-20-10-8-19(9-11-20)25(30(27,28)21-6-4-3-5-7-21)17-22(26)24-16-18-12-14-23-15-13-18/h3-15H,2,16-17H2,1H3,(H,24,26). The summed E-state index contributed by atoms with van der Waals surface area (Å²) in [4.78, 5) is 16.6. The normalized spacial score (nSPS) is 11.0. The topological polar surface area (TPSA) is 88.6 Å². The molecule has 0 aliphatic rings. The van der Waals surface area contributed by atoms with Crippen LogP contribution in [0.3, 0.4) is 0 Å². The highest BCUT2D eigenvalue weighted by Crippen LogP contribution is 2.25. The summed E-state index contributed by atoms with van der Waals surface area (Å²) in [6, 6.07) is 18.2. The van der Waals surface area contributed by atoms with Gasteiger partial charge in [-0.3, -0.25) is 14.1 Å². The molecule has 0 saturated heterocycles. The maximum absolute atomic E-state index is 13.3. The minimum atomic E-state index is -3.94. The Morgan fingerprint density at radius 2 is 1.67 bits per heavy atom. The molecule has 0 fully saturated rings. The number of hydrogen-bond acceptors (Lipinski definition) is 5. The first-order valence-corrected chi connectivity index (χ1v) is 10.9. The third-order valence-electron chi connectivity index (χ3n) is 4.29. The summed E-state index contributed by atoms with van der Waals surface area (Å²) in [7, 11) is -3.94. The Morgan fingerprint density at radius 1 is 1.00 bits per heavy atom. The zero-order chi connectivity index (χ0) is 21.4. The van der Waals surface area contributed by atoms with Gasteiger partial charge in [0.1, 0.15) is 12.3 Å². The maximum Gasteiger partial charge on any atom is 0.264 e. The number of ether oxygens (including phenoxy) is 1. The van der Waals surface area contributed by atoms with Crippen molar-refractivity contribution >= 4 is 21.6 Å². The number of carbonyl (C=O) groups is 1. The molecule has 0 spiro atoms. The number of anilines is 1. The van der Waals surface area contributed by atoms with Crippen LogP contribution in [0.4, 0.5) is 5.69 Å². The predicted octanol–water partition coefficient (Wildman–Crippen LogP) is 2.99. The molecule has 7 nitrogen and oxygen atoms in total. The van der Waals surface area contributed by atoms with Gasteiger partial charge in [-0.2, -0.15) is 0 Å². The van der Waals surface area contributed by atoms with Crippen molar-refractivity contribution in [1.82, 2.24) is 10.3 Å². The van der Waals surface area contributed by atoms with Gasteiger partial charge in [0.2, 0.25) is 5.91 Å². The molecule has 0 aliphatic heterocycles. The molecule has 156 valence electrons. The third-order valence-corrected chi connectivity index (χ3v) is 6.08. The molecule has 3 aromatic rings. The van der Waals surface area contributed by atoms with E-state index in [1.807, 2.05) is 6.92 Å². The van der Waals surface area contributed by atoms with Gasteiger partial charge in [0.05, 0.1) is 17.2 Å². The SMILES string of the molecule is CCOc1ccc(N(CC(=O)NCc2ccncc2)S(=O)(=O)c2ccccc2)cc1. The van der Waals surface area contributed by atoms with Crippen molar-refractivity contribution in [3.63, 3.8) is 0 Å². The highest BCUT2D eigenvalue weighted by atomic mass is 32.2. The molecule has 8 heteroatoms. The molecule has 2 aromatic carbocycles. The lowest BCUT2D eigenvalue weighted by Gasteiger charge is -2.24. The number of sulfonamides is 1. The summed E-state index contributed by atoms with van der Waals surface area (Å²) < 4.78 is 33.0. The summed E-state index contributed by atoms with van der Waals surface area (Å²) in [6.45, 7) is 2.30. The number of amides is 1. The molecule has 0 atom stereocenters. The van der Waals surface area contributed by atoms with Crippen LogP contribution in [-0.4, -0.2) is 32.5 Å². The molecule has 1 aromatic heterocycles. The van der Waals surface area contributed by atoms with Crippen LogP contribution in [-0.2, 0) is 21.4 Å². The van der Waals surface area contributed by atoms with Gasteiger partial charge in [-0.15, -0.1) is 0 Å². The number of carbonyl (C=O) groups excluding carboxylic acids is 1. The molecule has 0 radical (unpaired) electrons. The molecule has 0 saturated carbocycles. The van der Waals surface area contributed by atoms with Crippen molar-refractivity contribution in [3.8, 4) is 5.75 Å². The van der Waals surface area contributed by atoms with E-state index >= 15 is 0 Å². The van der Waals surface area contributed by atoms with Gasteiger partial charge in [-0.1, -0.05) is 18.2 Å². The predicted molar refractivity (Wildman–Crippen MR) is 115 cm³/mol. The van der Waals surface area contributed by atoms with Crippen LogP contribution in [0.2, 0.25) is 0 Å². The number of hydrogen-bond donors (Lipinski definition) is 1. The summed E-state index contributed by atoms with van der Waals surface area (Å²) in [5, 5.41) is 2.76. The summed E-state index contributed by atoms with van der Waals surface area (Å²) >= 11 is 0. The molecular formula is C22H23N3O4S. The van der Waals surface area contributed by atoms with E-state index in [2.05, 4.69) is 10.3 Å². The Kier molecular flexibility index (Phi) is 7.03. The average molecular weight is 426 g/mol. The van der Waals surface area contributed by atoms with Crippen molar-refractivity contribution < 1.29 is 17.9 Å². The minimum Gasteiger partial charge on any atom is -0.494 e. The number of aromatic nitrogens is 1. The Labute approximate surface area is 176 Å². The lowest BCUT2D eigenvalue weighted by Crippen LogP contribution is -2.40. The Bertz CT molecular complexity index is 1060. The number of nitrogens with one attached hydrogen (secondary N) is 1. The van der Waals surface area contributed by atoms with Crippen molar-refractivity contribution in [2.75, 3.05) is 17.5 Å². The van der Waals surface area contributed by atoms with E-state index in [-0.39, 0.29) is 18.0 Å². The Morgan fingerprint density at radius 3 is 2.30 bits per heavy atom. The van der Waals surface area contributed by atoms with E-state index in [1.165, 1.54) is 12.1 Å². The molecule has 1 heterocycles.